The summed E-state index contributed by atoms with van der Waals surface area (Å²) in [6, 6.07) is 0.716. The molecule has 2 amide bonds. The van der Waals surface area contributed by atoms with Crippen molar-refractivity contribution in [2.45, 2.75) is 44.7 Å². The number of carbonyl (C=O) groups is 2. The summed E-state index contributed by atoms with van der Waals surface area (Å²) >= 11 is 0. The standard InChI is InChI=1S/C10H16N2O2/c1-7(13)12(9-4-5-9)6-10(14)11-8-2-3-8/h8-9H,2-6H2,1H3,(H,11,14). The number of nitrogens with zero attached hydrogens (tertiary/aromatic N) is 1. The van der Waals surface area contributed by atoms with Gasteiger partial charge in [0.05, 0.1) is 6.54 Å². The van der Waals surface area contributed by atoms with E-state index < -0.39 is 0 Å². The van der Waals surface area contributed by atoms with E-state index in [2.05, 4.69) is 5.32 Å². The van der Waals surface area contributed by atoms with Crippen molar-refractivity contribution in [2.24, 2.45) is 0 Å². The number of hydrogen-bond donors (Lipinski definition) is 1. The first kappa shape index (κ1) is 9.49. The fourth-order valence-electron chi connectivity index (χ4n) is 1.54. The minimum atomic E-state index is -0.00500. The van der Waals surface area contributed by atoms with Crippen molar-refractivity contribution in [3.8, 4) is 0 Å². The fourth-order valence-corrected chi connectivity index (χ4v) is 1.54. The molecule has 0 aromatic rings. The zero-order valence-electron chi connectivity index (χ0n) is 8.45. The smallest absolute Gasteiger partial charge is 0.239 e. The van der Waals surface area contributed by atoms with Gasteiger partial charge in [-0.1, -0.05) is 0 Å². The third-order valence-corrected chi connectivity index (χ3v) is 2.65. The molecule has 2 saturated carbocycles. The molecule has 2 rings (SSSR count). The second-order valence-corrected chi connectivity index (χ2v) is 4.22. The Kier molecular flexibility index (Phi) is 2.44. The number of nitrogens with one attached hydrogen (secondary N) is 1. The van der Waals surface area contributed by atoms with Gasteiger partial charge in [-0.3, -0.25) is 9.59 Å². The first-order valence-corrected chi connectivity index (χ1v) is 5.23. The molecule has 4 nitrogen and oxygen atoms in total. The summed E-state index contributed by atoms with van der Waals surface area (Å²) in [6.07, 6.45) is 4.29. The van der Waals surface area contributed by atoms with E-state index in [4.69, 9.17) is 0 Å². The first-order valence-electron chi connectivity index (χ1n) is 5.23. The van der Waals surface area contributed by atoms with Crippen LogP contribution in [0, 0.1) is 0 Å². The molecule has 0 heterocycles. The van der Waals surface area contributed by atoms with Crippen molar-refractivity contribution in [3.05, 3.63) is 0 Å². The van der Waals surface area contributed by atoms with Crippen molar-refractivity contribution in [1.29, 1.82) is 0 Å². The van der Waals surface area contributed by atoms with Gasteiger partial charge in [-0.15, -0.1) is 0 Å². The van der Waals surface area contributed by atoms with Crippen molar-refractivity contribution in [2.75, 3.05) is 6.54 Å². The number of rotatable bonds is 4. The van der Waals surface area contributed by atoms with Crippen LogP contribution in [0.15, 0.2) is 0 Å². The van der Waals surface area contributed by atoms with Crippen LogP contribution >= 0.6 is 0 Å². The highest BCUT2D eigenvalue weighted by atomic mass is 16.2. The maximum absolute atomic E-state index is 11.4. The molecule has 1 N–H and O–H groups in total. The van der Waals surface area contributed by atoms with Gasteiger partial charge in [0.2, 0.25) is 11.8 Å². The summed E-state index contributed by atoms with van der Waals surface area (Å²) in [7, 11) is 0. The largest absolute Gasteiger partial charge is 0.352 e. The maximum Gasteiger partial charge on any atom is 0.239 e. The zero-order valence-corrected chi connectivity index (χ0v) is 8.45. The molecule has 0 spiro atoms. The Balaban J connectivity index is 1.79. The molecule has 4 heteroatoms. The lowest BCUT2D eigenvalue weighted by molar-refractivity contribution is -0.134. The molecule has 2 aliphatic carbocycles. The van der Waals surface area contributed by atoms with E-state index in [1.165, 1.54) is 6.92 Å². The van der Waals surface area contributed by atoms with Crippen LogP contribution in [0.3, 0.4) is 0 Å². The van der Waals surface area contributed by atoms with Gasteiger partial charge >= 0.3 is 0 Å². The molecule has 2 aliphatic rings. The number of amides is 2. The second kappa shape index (κ2) is 3.59. The normalized spacial score (nSPS) is 20.4. The highest BCUT2D eigenvalue weighted by Crippen LogP contribution is 2.26. The van der Waals surface area contributed by atoms with Gasteiger partial charge in [0.25, 0.3) is 0 Å². The molecule has 0 atom stereocenters. The van der Waals surface area contributed by atoms with E-state index in [0.29, 0.717) is 12.1 Å². The molecule has 0 aliphatic heterocycles. The molecule has 0 aromatic heterocycles. The lowest BCUT2D eigenvalue weighted by atomic mass is 10.4. The van der Waals surface area contributed by atoms with Crippen LogP contribution in [0.2, 0.25) is 0 Å². The van der Waals surface area contributed by atoms with Crippen LogP contribution in [0.25, 0.3) is 0 Å². The molecule has 0 bridgehead atoms. The van der Waals surface area contributed by atoms with Crippen molar-refractivity contribution < 1.29 is 9.59 Å². The van der Waals surface area contributed by atoms with E-state index in [9.17, 15) is 9.59 Å². The summed E-state index contributed by atoms with van der Waals surface area (Å²) < 4.78 is 0. The first-order chi connectivity index (χ1) is 6.66. The summed E-state index contributed by atoms with van der Waals surface area (Å²) in [5, 5.41) is 2.89. The minimum absolute atomic E-state index is 0.00500. The highest BCUT2D eigenvalue weighted by molar-refractivity contribution is 5.84. The average Bonchev–Trinajstić information content (AvgIpc) is 2.93. The average molecular weight is 196 g/mol. The number of carbonyl (C=O) groups excluding carboxylic acids is 2. The molecular weight excluding hydrogens is 180 g/mol. The Morgan fingerprint density at radius 1 is 1.29 bits per heavy atom. The highest BCUT2D eigenvalue weighted by Gasteiger charge is 2.33. The van der Waals surface area contributed by atoms with E-state index in [1.54, 1.807) is 4.90 Å². The van der Waals surface area contributed by atoms with Crippen LogP contribution in [-0.2, 0) is 9.59 Å². The molecular formula is C10H16N2O2. The molecule has 0 radical (unpaired) electrons. The summed E-state index contributed by atoms with van der Waals surface area (Å²) in [6.45, 7) is 1.78. The Bertz CT molecular complexity index is 257. The van der Waals surface area contributed by atoms with Crippen LogP contribution < -0.4 is 5.32 Å². The third kappa shape index (κ3) is 2.47. The maximum atomic E-state index is 11.4. The summed E-state index contributed by atoms with van der Waals surface area (Å²) in [5.74, 6) is 0.00745. The summed E-state index contributed by atoms with van der Waals surface area (Å²) in [5.41, 5.74) is 0. The monoisotopic (exact) mass is 196 g/mol. The molecule has 2 fully saturated rings. The Morgan fingerprint density at radius 2 is 1.93 bits per heavy atom. The number of hydrogen-bond acceptors (Lipinski definition) is 2. The quantitative estimate of drug-likeness (QED) is 0.702. The van der Waals surface area contributed by atoms with Crippen molar-refractivity contribution in [3.63, 3.8) is 0 Å². The van der Waals surface area contributed by atoms with Crippen LogP contribution in [-0.4, -0.2) is 35.3 Å². The van der Waals surface area contributed by atoms with E-state index in [-0.39, 0.29) is 18.4 Å². The van der Waals surface area contributed by atoms with Gasteiger partial charge in [0, 0.05) is 19.0 Å². The van der Waals surface area contributed by atoms with Crippen molar-refractivity contribution >= 4 is 11.8 Å². The van der Waals surface area contributed by atoms with Crippen molar-refractivity contribution in [1.82, 2.24) is 10.2 Å². The molecule has 14 heavy (non-hydrogen) atoms. The topological polar surface area (TPSA) is 49.4 Å². The van der Waals surface area contributed by atoms with Gasteiger partial charge in [0.15, 0.2) is 0 Å². The van der Waals surface area contributed by atoms with Crippen LogP contribution in [0.5, 0.6) is 0 Å². The van der Waals surface area contributed by atoms with E-state index >= 15 is 0 Å². The van der Waals surface area contributed by atoms with E-state index in [0.717, 1.165) is 25.7 Å². The Morgan fingerprint density at radius 3 is 2.36 bits per heavy atom. The fraction of sp³-hybridized carbons (Fsp3) is 0.800. The lowest BCUT2D eigenvalue weighted by Gasteiger charge is -2.19. The van der Waals surface area contributed by atoms with Crippen LogP contribution in [0.1, 0.15) is 32.6 Å². The van der Waals surface area contributed by atoms with Gasteiger partial charge in [-0.2, -0.15) is 0 Å². The van der Waals surface area contributed by atoms with Gasteiger partial charge in [-0.25, -0.2) is 0 Å². The minimum Gasteiger partial charge on any atom is -0.352 e. The zero-order chi connectivity index (χ0) is 10.1. The molecule has 0 saturated heterocycles. The van der Waals surface area contributed by atoms with E-state index in [1.807, 2.05) is 0 Å². The van der Waals surface area contributed by atoms with Gasteiger partial charge in [-0.05, 0) is 25.7 Å². The van der Waals surface area contributed by atoms with Gasteiger partial charge in [0.1, 0.15) is 0 Å². The Hall–Kier alpha value is -1.06. The molecule has 0 aromatic carbocycles. The Labute approximate surface area is 83.6 Å². The second-order valence-electron chi connectivity index (χ2n) is 4.22. The molecule has 78 valence electrons. The predicted octanol–water partition coefficient (Wildman–Crippen LogP) is 0.276. The van der Waals surface area contributed by atoms with Crippen LogP contribution in [0.4, 0.5) is 0 Å². The third-order valence-electron chi connectivity index (χ3n) is 2.65. The lowest BCUT2D eigenvalue weighted by Crippen LogP contribution is -2.41. The predicted molar refractivity (Wildman–Crippen MR) is 51.6 cm³/mol. The summed E-state index contributed by atoms with van der Waals surface area (Å²) in [4.78, 5) is 24.3. The van der Waals surface area contributed by atoms with Gasteiger partial charge < -0.3 is 10.2 Å². The molecule has 0 unspecified atom stereocenters. The SMILES string of the molecule is CC(=O)N(CC(=O)NC1CC1)C1CC1.